The van der Waals surface area contributed by atoms with Gasteiger partial charge in [0.1, 0.15) is 11.8 Å². The molecule has 0 bridgehead atoms. The largest absolute Gasteiger partial charge is 0.481 e. The molecule has 152 valence electrons. The van der Waals surface area contributed by atoms with E-state index in [9.17, 15) is 14.7 Å². The summed E-state index contributed by atoms with van der Waals surface area (Å²) in [5, 5.41) is 12.0. The lowest BCUT2D eigenvalue weighted by Gasteiger charge is -2.19. The van der Waals surface area contributed by atoms with Crippen LogP contribution in [0.2, 0.25) is 5.15 Å². The van der Waals surface area contributed by atoms with Crippen LogP contribution in [0.4, 0.5) is 4.79 Å². The van der Waals surface area contributed by atoms with Gasteiger partial charge in [-0.15, -0.1) is 0 Å². The van der Waals surface area contributed by atoms with Crippen LogP contribution >= 0.6 is 11.6 Å². The summed E-state index contributed by atoms with van der Waals surface area (Å²) in [6, 6.07) is 18.5. The summed E-state index contributed by atoms with van der Waals surface area (Å²) in [6.07, 6.45) is 0.454. The fourth-order valence-electron chi connectivity index (χ4n) is 3.85. The first kappa shape index (κ1) is 19.9. The number of aliphatic carboxylic acids is 1. The van der Waals surface area contributed by atoms with E-state index in [-0.39, 0.29) is 24.1 Å². The van der Waals surface area contributed by atoms with Gasteiger partial charge >= 0.3 is 12.1 Å². The van der Waals surface area contributed by atoms with Crippen LogP contribution in [0.3, 0.4) is 0 Å². The minimum Gasteiger partial charge on any atom is -0.481 e. The first-order valence-electron chi connectivity index (χ1n) is 9.48. The number of pyridine rings is 1. The van der Waals surface area contributed by atoms with Gasteiger partial charge in [0.2, 0.25) is 0 Å². The zero-order valence-electron chi connectivity index (χ0n) is 15.9. The number of ether oxygens (including phenoxy) is 1. The highest BCUT2D eigenvalue weighted by Gasteiger charge is 2.29. The molecule has 1 unspecified atom stereocenters. The maximum atomic E-state index is 12.5. The van der Waals surface area contributed by atoms with E-state index in [0.717, 1.165) is 22.3 Å². The van der Waals surface area contributed by atoms with Crippen molar-refractivity contribution in [1.29, 1.82) is 0 Å². The van der Waals surface area contributed by atoms with E-state index in [0.29, 0.717) is 5.56 Å². The molecule has 7 heteroatoms. The molecule has 2 N–H and O–H groups in total. The van der Waals surface area contributed by atoms with Crippen molar-refractivity contribution in [2.75, 3.05) is 6.61 Å². The predicted molar refractivity (Wildman–Crippen MR) is 112 cm³/mol. The number of halogens is 1. The Kier molecular flexibility index (Phi) is 5.68. The standard InChI is InChI=1S/C23H19ClN2O4/c24-22-18(10-5-11-25-22)20(12-21(27)28)26-23(29)30-13-19-16-8-3-1-6-14(16)15-7-2-4-9-17(15)19/h1-11,19-20H,12-13H2,(H,26,29)(H,27,28). The molecule has 0 radical (unpaired) electrons. The van der Waals surface area contributed by atoms with Gasteiger partial charge in [0, 0.05) is 17.7 Å². The van der Waals surface area contributed by atoms with Gasteiger partial charge in [0.05, 0.1) is 12.5 Å². The number of aromatic nitrogens is 1. The second-order valence-electron chi connectivity index (χ2n) is 7.00. The third kappa shape index (κ3) is 4.00. The molecule has 4 rings (SSSR count). The summed E-state index contributed by atoms with van der Waals surface area (Å²) in [5.41, 5.74) is 4.89. The third-order valence-electron chi connectivity index (χ3n) is 5.18. The Bertz CT molecular complexity index is 1060. The first-order valence-corrected chi connectivity index (χ1v) is 9.86. The molecule has 6 nitrogen and oxygen atoms in total. The molecule has 0 spiro atoms. The van der Waals surface area contributed by atoms with Crippen LogP contribution in [0, 0.1) is 0 Å². The van der Waals surface area contributed by atoms with E-state index in [1.807, 2.05) is 36.4 Å². The molecular formula is C23H19ClN2O4. The van der Waals surface area contributed by atoms with Gasteiger partial charge in [0.25, 0.3) is 0 Å². The van der Waals surface area contributed by atoms with E-state index in [4.69, 9.17) is 16.3 Å². The molecule has 1 aliphatic rings. The van der Waals surface area contributed by atoms with Crippen molar-refractivity contribution in [2.24, 2.45) is 0 Å². The Labute approximate surface area is 178 Å². The van der Waals surface area contributed by atoms with Crippen molar-refractivity contribution in [2.45, 2.75) is 18.4 Å². The smallest absolute Gasteiger partial charge is 0.407 e. The highest BCUT2D eigenvalue weighted by Crippen LogP contribution is 2.44. The van der Waals surface area contributed by atoms with Gasteiger partial charge in [-0.1, -0.05) is 66.2 Å². The van der Waals surface area contributed by atoms with Gasteiger partial charge in [-0.3, -0.25) is 4.79 Å². The lowest BCUT2D eigenvalue weighted by Crippen LogP contribution is -2.32. The number of fused-ring (bicyclic) bond motifs is 3. The van der Waals surface area contributed by atoms with Crippen LogP contribution in [-0.2, 0) is 9.53 Å². The van der Waals surface area contributed by atoms with Gasteiger partial charge in [-0.05, 0) is 28.3 Å². The van der Waals surface area contributed by atoms with E-state index in [1.165, 1.54) is 6.20 Å². The van der Waals surface area contributed by atoms with Crippen LogP contribution in [0.15, 0.2) is 66.9 Å². The topological polar surface area (TPSA) is 88.5 Å². The maximum Gasteiger partial charge on any atom is 0.407 e. The van der Waals surface area contributed by atoms with Crippen LogP contribution in [0.1, 0.15) is 35.1 Å². The second kappa shape index (κ2) is 8.55. The zero-order chi connectivity index (χ0) is 21.1. The number of carboxylic acids is 1. The summed E-state index contributed by atoms with van der Waals surface area (Å²) >= 11 is 6.08. The SMILES string of the molecule is O=C(O)CC(NC(=O)OCC1c2ccccc2-c2ccccc21)c1cccnc1Cl. The number of carbonyl (C=O) groups excluding carboxylic acids is 1. The highest BCUT2D eigenvalue weighted by molar-refractivity contribution is 6.30. The molecule has 0 saturated carbocycles. The quantitative estimate of drug-likeness (QED) is 0.557. The third-order valence-corrected chi connectivity index (χ3v) is 5.49. The van der Waals surface area contributed by atoms with E-state index in [1.54, 1.807) is 12.1 Å². The van der Waals surface area contributed by atoms with Gasteiger partial charge in [0.15, 0.2) is 0 Å². The molecular weight excluding hydrogens is 404 g/mol. The Morgan fingerprint density at radius 2 is 1.67 bits per heavy atom. The molecule has 1 aromatic heterocycles. The molecule has 1 atom stereocenters. The summed E-state index contributed by atoms with van der Waals surface area (Å²) in [7, 11) is 0. The summed E-state index contributed by atoms with van der Waals surface area (Å²) in [6.45, 7) is 0.139. The number of nitrogens with zero attached hydrogens (tertiary/aromatic N) is 1. The van der Waals surface area contributed by atoms with Crippen LogP contribution in [0.5, 0.6) is 0 Å². The number of hydrogen-bond donors (Lipinski definition) is 2. The molecule has 30 heavy (non-hydrogen) atoms. The molecule has 0 saturated heterocycles. The number of benzene rings is 2. The normalized spacial score (nSPS) is 13.2. The van der Waals surface area contributed by atoms with Crippen molar-refractivity contribution >= 4 is 23.7 Å². The Morgan fingerprint density at radius 3 is 2.27 bits per heavy atom. The first-order chi connectivity index (χ1) is 14.5. The van der Waals surface area contributed by atoms with Crippen LogP contribution < -0.4 is 5.32 Å². The summed E-state index contributed by atoms with van der Waals surface area (Å²) < 4.78 is 5.51. The van der Waals surface area contributed by atoms with Gasteiger partial charge < -0.3 is 15.2 Å². The van der Waals surface area contributed by atoms with Crippen molar-refractivity contribution in [1.82, 2.24) is 10.3 Å². The minimum absolute atomic E-state index is 0.0805. The average molecular weight is 423 g/mol. The average Bonchev–Trinajstić information content (AvgIpc) is 3.06. The monoisotopic (exact) mass is 422 g/mol. The van der Waals surface area contributed by atoms with E-state index >= 15 is 0 Å². The second-order valence-corrected chi connectivity index (χ2v) is 7.36. The van der Waals surface area contributed by atoms with Gasteiger partial charge in [-0.2, -0.15) is 0 Å². The summed E-state index contributed by atoms with van der Waals surface area (Å²) in [4.78, 5) is 27.7. The van der Waals surface area contributed by atoms with Crippen molar-refractivity contribution in [3.63, 3.8) is 0 Å². The Hall–Kier alpha value is -3.38. The fraction of sp³-hybridized carbons (Fsp3) is 0.174. The molecule has 0 fully saturated rings. The Morgan fingerprint density at radius 1 is 1.03 bits per heavy atom. The number of amides is 1. The van der Waals surface area contributed by atoms with E-state index in [2.05, 4.69) is 22.4 Å². The number of nitrogens with one attached hydrogen (secondary N) is 1. The number of hydrogen-bond acceptors (Lipinski definition) is 4. The molecule has 1 heterocycles. The molecule has 0 aliphatic heterocycles. The highest BCUT2D eigenvalue weighted by atomic mass is 35.5. The lowest BCUT2D eigenvalue weighted by atomic mass is 9.98. The number of rotatable bonds is 6. The van der Waals surface area contributed by atoms with Crippen LogP contribution in [-0.4, -0.2) is 28.8 Å². The fourth-order valence-corrected chi connectivity index (χ4v) is 4.11. The molecule has 1 aliphatic carbocycles. The van der Waals surface area contributed by atoms with Crippen molar-refractivity contribution in [3.05, 3.63) is 88.7 Å². The lowest BCUT2D eigenvalue weighted by molar-refractivity contribution is -0.137. The maximum absolute atomic E-state index is 12.5. The minimum atomic E-state index is -1.07. The Balaban J connectivity index is 1.49. The van der Waals surface area contributed by atoms with Crippen molar-refractivity contribution in [3.8, 4) is 11.1 Å². The zero-order valence-corrected chi connectivity index (χ0v) is 16.7. The predicted octanol–water partition coefficient (Wildman–Crippen LogP) is 4.79. The van der Waals surface area contributed by atoms with Crippen LogP contribution in [0.25, 0.3) is 11.1 Å². The summed E-state index contributed by atoms with van der Waals surface area (Å²) in [5.74, 6) is -1.15. The van der Waals surface area contributed by atoms with E-state index < -0.39 is 18.1 Å². The van der Waals surface area contributed by atoms with Crippen molar-refractivity contribution < 1.29 is 19.4 Å². The molecule has 1 amide bonds. The number of carbonyl (C=O) groups is 2. The number of carboxylic acid groups (broad SMARTS) is 1. The molecule has 2 aromatic carbocycles. The number of alkyl carbamates (subject to hydrolysis) is 1. The molecule has 3 aromatic rings. The van der Waals surface area contributed by atoms with Gasteiger partial charge in [-0.25, -0.2) is 9.78 Å².